The molecule has 6 rings (SSSR count). The van der Waals surface area contributed by atoms with E-state index in [1.165, 1.54) is 10.8 Å². The summed E-state index contributed by atoms with van der Waals surface area (Å²) in [6.07, 6.45) is 0. The second kappa shape index (κ2) is 8.95. The number of nitrogens with zero attached hydrogens (tertiary/aromatic N) is 2. The molecule has 1 saturated heterocycles. The number of aromatic nitrogens is 2. The Morgan fingerprint density at radius 3 is 1.84 bits per heavy atom. The van der Waals surface area contributed by atoms with Crippen LogP contribution in [-0.4, -0.2) is 28.3 Å². The van der Waals surface area contributed by atoms with Crippen molar-refractivity contribution in [1.29, 1.82) is 0 Å². The first-order valence-electron chi connectivity index (χ1n) is 12.7. The van der Waals surface area contributed by atoms with Gasteiger partial charge in [-0.2, -0.15) is 0 Å². The zero-order valence-electron chi connectivity index (χ0n) is 21.6. The van der Waals surface area contributed by atoms with Gasteiger partial charge in [0, 0.05) is 11.1 Å². The van der Waals surface area contributed by atoms with E-state index in [1.54, 1.807) is 0 Å². The predicted molar refractivity (Wildman–Crippen MR) is 152 cm³/mol. The fourth-order valence-corrected chi connectivity index (χ4v) is 4.63. The summed E-state index contributed by atoms with van der Waals surface area (Å²) in [5.41, 5.74) is 4.96. The second-order valence-electron chi connectivity index (χ2n) is 10.6. The molecule has 0 unspecified atom stereocenters. The quantitative estimate of drug-likeness (QED) is 0.260. The number of benzene rings is 4. The first-order chi connectivity index (χ1) is 17.8. The van der Waals surface area contributed by atoms with Crippen LogP contribution in [0.25, 0.3) is 44.7 Å². The van der Waals surface area contributed by atoms with E-state index in [-0.39, 0.29) is 0 Å². The van der Waals surface area contributed by atoms with E-state index in [4.69, 9.17) is 19.3 Å². The molecule has 2 heterocycles. The molecule has 0 spiro atoms. The van der Waals surface area contributed by atoms with Crippen molar-refractivity contribution in [1.82, 2.24) is 9.97 Å². The van der Waals surface area contributed by atoms with Gasteiger partial charge < -0.3 is 9.31 Å². The Hall–Kier alpha value is -3.80. The Morgan fingerprint density at radius 1 is 0.541 bits per heavy atom. The highest BCUT2D eigenvalue weighted by Gasteiger charge is 2.51. The van der Waals surface area contributed by atoms with E-state index >= 15 is 0 Å². The van der Waals surface area contributed by atoms with E-state index in [0.717, 1.165) is 33.5 Å². The molecule has 0 radical (unpaired) electrons. The fourth-order valence-electron chi connectivity index (χ4n) is 4.63. The van der Waals surface area contributed by atoms with Crippen LogP contribution in [0, 0.1) is 0 Å². The summed E-state index contributed by atoms with van der Waals surface area (Å²) in [4.78, 5) is 9.98. The van der Waals surface area contributed by atoms with Crippen LogP contribution in [-0.2, 0) is 9.31 Å². The first kappa shape index (κ1) is 23.6. The lowest BCUT2D eigenvalue weighted by atomic mass is 9.78. The number of fused-ring (bicyclic) bond motifs is 1. The van der Waals surface area contributed by atoms with Gasteiger partial charge in [-0.1, -0.05) is 91.0 Å². The van der Waals surface area contributed by atoms with Gasteiger partial charge >= 0.3 is 7.12 Å². The first-order valence-corrected chi connectivity index (χ1v) is 12.7. The van der Waals surface area contributed by atoms with Crippen molar-refractivity contribution in [3.8, 4) is 33.9 Å². The van der Waals surface area contributed by atoms with Gasteiger partial charge in [-0.15, -0.1) is 0 Å². The zero-order valence-corrected chi connectivity index (χ0v) is 21.6. The van der Waals surface area contributed by atoms with Crippen LogP contribution < -0.4 is 5.46 Å². The van der Waals surface area contributed by atoms with Crippen LogP contribution in [0.4, 0.5) is 0 Å². The molecule has 4 nitrogen and oxygen atoms in total. The van der Waals surface area contributed by atoms with E-state index in [9.17, 15) is 0 Å². The van der Waals surface area contributed by atoms with Crippen molar-refractivity contribution < 1.29 is 9.31 Å². The van der Waals surface area contributed by atoms with Gasteiger partial charge in [0.1, 0.15) is 0 Å². The zero-order chi connectivity index (χ0) is 25.6. The minimum absolute atomic E-state index is 0.397. The summed E-state index contributed by atoms with van der Waals surface area (Å²) >= 11 is 0. The molecule has 0 N–H and O–H groups in total. The summed E-state index contributed by atoms with van der Waals surface area (Å²) in [5, 5.41) is 2.39. The van der Waals surface area contributed by atoms with Gasteiger partial charge in [-0.05, 0) is 61.6 Å². The van der Waals surface area contributed by atoms with Gasteiger partial charge in [0.25, 0.3) is 0 Å². The molecule has 0 saturated carbocycles. The highest BCUT2D eigenvalue weighted by Crippen LogP contribution is 2.37. The van der Waals surface area contributed by atoms with Gasteiger partial charge in [-0.25, -0.2) is 9.97 Å². The Bertz CT molecular complexity index is 1580. The average Bonchev–Trinajstić information content (AvgIpc) is 3.15. The molecule has 1 aromatic heterocycles. The van der Waals surface area contributed by atoms with Crippen molar-refractivity contribution in [2.45, 2.75) is 38.9 Å². The van der Waals surface area contributed by atoms with Gasteiger partial charge in [-0.3, -0.25) is 0 Å². The molecule has 0 amide bonds. The molecule has 1 fully saturated rings. The van der Waals surface area contributed by atoms with E-state index in [1.807, 2.05) is 36.4 Å². The SMILES string of the molecule is CC1(C)OB(c2cccc(-c3cc(-c4ccc5ccccc5c4)nc(-c4ccccc4)n3)c2)OC1(C)C. The van der Waals surface area contributed by atoms with Gasteiger partial charge in [0.05, 0.1) is 22.6 Å². The van der Waals surface area contributed by atoms with Crippen LogP contribution in [0.2, 0.25) is 0 Å². The molecule has 1 aliphatic rings. The maximum absolute atomic E-state index is 6.31. The normalized spacial score (nSPS) is 16.3. The second-order valence-corrected chi connectivity index (χ2v) is 10.6. The maximum Gasteiger partial charge on any atom is 0.494 e. The number of rotatable bonds is 4. The van der Waals surface area contributed by atoms with Crippen molar-refractivity contribution in [3.63, 3.8) is 0 Å². The lowest BCUT2D eigenvalue weighted by Gasteiger charge is -2.32. The molecular weight excluding hydrogens is 455 g/mol. The summed E-state index contributed by atoms with van der Waals surface area (Å²) in [5.74, 6) is 0.697. The molecule has 4 aromatic carbocycles. The van der Waals surface area contributed by atoms with Crippen molar-refractivity contribution in [3.05, 3.63) is 103 Å². The molecule has 1 aliphatic heterocycles. The Kier molecular flexibility index (Phi) is 5.71. The predicted octanol–water partition coefficient (Wildman–Crippen LogP) is 6.93. The average molecular weight is 484 g/mol. The summed E-state index contributed by atoms with van der Waals surface area (Å²) in [7, 11) is -0.430. The summed E-state index contributed by atoms with van der Waals surface area (Å²) in [6, 6.07) is 35.3. The molecule has 5 heteroatoms. The number of hydrogen-bond acceptors (Lipinski definition) is 4. The molecule has 0 atom stereocenters. The van der Waals surface area contributed by atoms with E-state index < -0.39 is 18.3 Å². The van der Waals surface area contributed by atoms with Gasteiger partial charge in [0.2, 0.25) is 0 Å². The molecule has 5 aromatic rings. The topological polar surface area (TPSA) is 44.2 Å². The van der Waals surface area contributed by atoms with Crippen LogP contribution in [0.15, 0.2) is 103 Å². The standard InChI is InChI=1S/C32H29BN2O2/c1-31(2)32(3,4)37-33(36-31)27-16-10-15-25(20-27)28-21-29(35-30(34-28)23-12-6-5-7-13-23)26-18-17-22-11-8-9-14-24(22)19-26/h5-21H,1-4H3. The monoisotopic (exact) mass is 484 g/mol. The van der Waals surface area contributed by atoms with Crippen LogP contribution in [0.1, 0.15) is 27.7 Å². The summed E-state index contributed by atoms with van der Waals surface area (Å²) in [6.45, 7) is 8.29. The Labute approximate surface area is 218 Å². The maximum atomic E-state index is 6.31. The smallest absolute Gasteiger partial charge is 0.399 e. The van der Waals surface area contributed by atoms with E-state index in [0.29, 0.717) is 5.82 Å². The third kappa shape index (κ3) is 4.46. The van der Waals surface area contributed by atoms with Crippen molar-refractivity contribution in [2.75, 3.05) is 0 Å². The summed E-state index contributed by atoms with van der Waals surface area (Å²) < 4.78 is 12.6. The minimum atomic E-state index is -0.430. The molecule has 0 aliphatic carbocycles. The van der Waals surface area contributed by atoms with E-state index in [2.05, 4.69) is 94.4 Å². The third-order valence-electron chi connectivity index (χ3n) is 7.51. The van der Waals surface area contributed by atoms with Gasteiger partial charge in [0.15, 0.2) is 5.82 Å². The van der Waals surface area contributed by atoms with Crippen molar-refractivity contribution >= 4 is 23.4 Å². The molecular formula is C32H29BN2O2. The van der Waals surface area contributed by atoms with Crippen LogP contribution in [0.3, 0.4) is 0 Å². The lowest BCUT2D eigenvalue weighted by Crippen LogP contribution is -2.41. The molecule has 182 valence electrons. The molecule has 0 bridgehead atoms. The highest BCUT2D eigenvalue weighted by molar-refractivity contribution is 6.62. The van der Waals surface area contributed by atoms with Crippen LogP contribution in [0.5, 0.6) is 0 Å². The third-order valence-corrected chi connectivity index (χ3v) is 7.51. The minimum Gasteiger partial charge on any atom is -0.399 e. The van der Waals surface area contributed by atoms with Crippen molar-refractivity contribution in [2.24, 2.45) is 0 Å². The van der Waals surface area contributed by atoms with Crippen LogP contribution >= 0.6 is 0 Å². The number of hydrogen-bond donors (Lipinski definition) is 0. The highest BCUT2D eigenvalue weighted by atomic mass is 16.7. The lowest BCUT2D eigenvalue weighted by molar-refractivity contribution is 0.00578. The molecule has 37 heavy (non-hydrogen) atoms. The largest absolute Gasteiger partial charge is 0.494 e. The Morgan fingerprint density at radius 2 is 1.14 bits per heavy atom. The fraction of sp³-hybridized carbons (Fsp3) is 0.188. The Balaban J connectivity index is 1.46.